The summed E-state index contributed by atoms with van der Waals surface area (Å²) in [5.41, 5.74) is 4.58. The maximum absolute atomic E-state index is 11.9. The maximum Gasteiger partial charge on any atom is 0.336 e. The van der Waals surface area contributed by atoms with Crippen LogP contribution in [-0.4, -0.2) is 0 Å². The first-order chi connectivity index (χ1) is 11.8. The Hall–Kier alpha value is -1.81. The van der Waals surface area contributed by atoms with E-state index in [1.807, 2.05) is 25.1 Å². The van der Waals surface area contributed by atoms with Crippen LogP contribution in [0.3, 0.4) is 0 Å². The average Bonchev–Trinajstić information content (AvgIpc) is 2.54. The molecule has 1 aromatic heterocycles. The second-order valence-electron chi connectivity index (χ2n) is 6.42. The summed E-state index contributed by atoms with van der Waals surface area (Å²) in [4.78, 5) is 11.9. The highest BCUT2D eigenvalue weighted by Crippen LogP contribution is 2.25. The standard InChI is InChI=1S/C20H19Cl2NO2/c1-11-6-17-14(8-20(24)25-19(17)7-12(11)2)10-23-13(3)16-5-4-15(21)9-18(16)22/h4-9,13,23H,10H2,1-3H3/p+1/t13-/m1/s1. The van der Waals surface area contributed by atoms with Crippen LogP contribution in [0.2, 0.25) is 10.0 Å². The molecular weight excluding hydrogens is 357 g/mol. The lowest BCUT2D eigenvalue weighted by atomic mass is 10.0. The van der Waals surface area contributed by atoms with Crippen LogP contribution in [0, 0.1) is 13.8 Å². The number of halogens is 2. The first kappa shape index (κ1) is 18.0. The lowest BCUT2D eigenvalue weighted by Gasteiger charge is -2.14. The van der Waals surface area contributed by atoms with Crippen molar-refractivity contribution in [2.45, 2.75) is 33.4 Å². The molecule has 2 aromatic carbocycles. The van der Waals surface area contributed by atoms with E-state index in [1.165, 1.54) is 5.56 Å². The van der Waals surface area contributed by atoms with Crippen molar-refractivity contribution in [3.63, 3.8) is 0 Å². The van der Waals surface area contributed by atoms with Crippen molar-refractivity contribution < 1.29 is 9.73 Å². The first-order valence-corrected chi connectivity index (χ1v) is 8.93. The van der Waals surface area contributed by atoms with Gasteiger partial charge in [0.15, 0.2) is 0 Å². The second-order valence-corrected chi connectivity index (χ2v) is 7.26. The molecule has 0 aliphatic carbocycles. The van der Waals surface area contributed by atoms with Crippen LogP contribution in [-0.2, 0) is 6.54 Å². The molecule has 25 heavy (non-hydrogen) atoms. The number of quaternary nitrogens is 1. The van der Waals surface area contributed by atoms with Gasteiger partial charge in [-0.15, -0.1) is 0 Å². The van der Waals surface area contributed by atoms with Gasteiger partial charge in [0.2, 0.25) is 0 Å². The molecule has 1 heterocycles. The highest BCUT2D eigenvalue weighted by atomic mass is 35.5. The number of nitrogens with two attached hydrogens (primary N) is 1. The number of benzene rings is 2. The van der Waals surface area contributed by atoms with Gasteiger partial charge in [0.25, 0.3) is 0 Å². The maximum atomic E-state index is 11.9. The third-order valence-electron chi connectivity index (χ3n) is 4.59. The van der Waals surface area contributed by atoms with E-state index in [9.17, 15) is 4.79 Å². The molecule has 1 atom stereocenters. The summed E-state index contributed by atoms with van der Waals surface area (Å²) in [6.45, 7) is 6.81. The van der Waals surface area contributed by atoms with Crippen molar-refractivity contribution in [1.82, 2.24) is 0 Å². The zero-order valence-corrected chi connectivity index (χ0v) is 15.9. The van der Waals surface area contributed by atoms with E-state index < -0.39 is 0 Å². The summed E-state index contributed by atoms with van der Waals surface area (Å²) >= 11 is 12.3. The van der Waals surface area contributed by atoms with Crippen molar-refractivity contribution in [1.29, 1.82) is 0 Å². The molecule has 0 aliphatic rings. The van der Waals surface area contributed by atoms with Crippen LogP contribution in [0.1, 0.15) is 35.2 Å². The fraction of sp³-hybridized carbons (Fsp3) is 0.250. The van der Waals surface area contributed by atoms with Crippen LogP contribution in [0.15, 0.2) is 45.6 Å². The summed E-state index contributed by atoms with van der Waals surface area (Å²) in [7, 11) is 0. The normalized spacial score (nSPS) is 12.5. The van der Waals surface area contributed by atoms with Crippen LogP contribution in [0.5, 0.6) is 0 Å². The fourth-order valence-corrected chi connectivity index (χ4v) is 3.53. The SMILES string of the molecule is Cc1cc2oc(=O)cc(C[NH2+][C@H](C)c3ccc(Cl)cc3Cl)c2cc1C. The van der Waals surface area contributed by atoms with E-state index in [1.54, 1.807) is 12.1 Å². The molecule has 0 unspecified atom stereocenters. The van der Waals surface area contributed by atoms with Crippen molar-refractivity contribution in [2.24, 2.45) is 0 Å². The monoisotopic (exact) mass is 376 g/mol. The molecule has 0 saturated carbocycles. The first-order valence-electron chi connectivity index (χ1n) is 8.17. The zero-order chi connectivity index (χ0) is 18.1. The number of hydrogen-bond donors (Lipinski definition) is 1. The topological polar surface area (TPSA) is 46.8 Å². The molecule has 130 valence electrons. The van der Waals surface area contributed by atoms with Crippen molar-refractivity contribution in [3.8, 4) is 0 Å². The third kappa shape index (κ3) is 3.90. The van der Waals surface area contributed by atoms with Crippen molar-refractivity contribution >= 4 is 34.2 Å². The molecule has 0 radical (unpaired) electrons. The second kappa shape index (κ2) is 7.20. The minimum Gasteiger partial charge on any atom is -0.423 e. The summed E-state index contributed by atoms with van der Waals surface area (Å²) in [6.07, 6.45) is 0. The highest BCUT2D eigenvalue weighted by molar-refractivity contribution is 6.35. The van der Waals surface area contributed by atoms with Gasteiger partial charge < -0.3 is 9.73 Å². The molecule has 0 bridgehead atoms. The highest BCUT2D eigenvalue weighted by Gasteiger charge is 2.15. The molecule has 0 spiro atoms. The van der Waals surface area contributed by atoms with Crippen molar-refractivity contribution in [3.05, 3.63) is 79.1 Å². The summed E-state index contributed by atoms with van der Waals surface area (Å²) in [5, 5.41) is 4.41. The fourth-order valence-electron chi connectivity index (χ4n) is 2.95. The number of hydrogen-bond acceptors (Lipinski definition) is 2. The van der Waals surface area contributed by atoms with Crippen LogP contribution < -0.4 is 10.9 Å². The molecule has 0 saturated heterocycles. The van der Waals surface area contributed by atoms with E-state index >= 15 is 0 Å². The van der Waals surface area contributed by atoms with Crippen LogP contribution in [0.25, 0.3) is 11.0 Å². The van der Waals surface area contributed by atoms with E-state index in [0.29, 0.717) is 22.2 Å². The molecule has 0 amide bonds. The van der Waals surface area contributed by atoms with Gasteiger partial charge in [-0.25, -0.2) is 4.79 Å². The van der Waals surface area contributed by atoms with Gasteiger partial charge in [-0.2, -0.15) is 0 Å². The van der Waals surface area contributed by atoms with Crippen LogP contribution in [0.4, 0.5) is 0 Å². The van der Waals surface area contributed by atoms with Gasteiger partial charge in [-0.1, -0.05) is 29.3 Å². The number of rotatable bonds is 4. The Balaban J connectivity index is 1.90. The molecule has 3 nitrogen and oxygen atoms in total. The molecule has 5 heteroatoms. The van der Waals surface area contributed by atoms with Gasteiger partial charge in [0, 0.05) is 27.6 Å². The molecular formula is C20H20Cl2NO2+. The van der Waals surface area contributed by atoms with Gasteiger partial charge in [0.05, 0.1) is 5.02 Å². The minimum absolute atomic E-state index is 0.138. The summed E-state index contributed by atoms with van der Waals surface area (Å²) in [6, 6.07) is 11.2. The molecule has 0 fully saturated rings. The van der Waals surface area contributed by atoms with E-state index in [0.717, 1.165) is 22.1 Å². The molecule has 0 aliphatic heterocycles. The van der Waals surface area contributed by atoms with E-state index in [-0.39, 0.29) is 11.7 Å². The van der Waals surface area contributed by atoms with Crippen molar-refractivity contribution in [2.75, 3.05) is 0 Å². The predicted molar refractivity (Wildman–Crippen MR) is 102 cm³/mol. The largest absolute Gasteiger partial charge is 0.423 e. The third-order valence-corrected chi connectivity index (χ3v) is 5.15. The van der Waals surface area contributed by atoms with Gasteiger partial charge in [-0.05, 0) is 56.2 Å². The lowest BCUT2D eigenvalue weighted by molar-refractivity contribution is -0.707. The minimum atomic E-state index is -0.323. The Labute approximate surface area is 156 Å². The summed E-state index contributed by atoms with van der Waals surface area (Å²) < 4.78 is 5.36. The van der Waals surface area contributed by atoms with E-state index in [4.69, 9.17) is 27.6 Å². The lowest BCUT2D eigenvalue weighted by Crippen LogP contribution is -2.83. The van der Waals surface area contributed by atoms with Gasteiger partial charge in [0.1, 0.15) is 18.2 Å². The quantitative estimate of drug-likeness (QED) is 0.679. The molecule has 2 N–H and O–H groups in total. The van der Waals surface area contributed by atoms with Gasteiger partial charge in [-0.3, -0.25) is 0 Å². The Morgan fingerprint density at radius 1 is 1.08 bits per heavy atom. The molecule has 3 aromatic rings. The Morgan fingerprint density at radius 2 is 1.80 bits per heavy atom. The Kier molecular flexibility index (Phi) is 5.19. The Bertz CT molecular complexity index is 995. The van der Waals surface area contributed by atoms with Crippen LogP contribution >= 0.6 is 23.2 Å². The summed E-state index contributed by atoms with van der Waals surface area (Å²) in [5.74, 6) is 0. The van der Waals surface area contributed by atoms with Gasteiger partial charge >= 0.3 is 5.63 Å². The predicted octanol–water partition coefficient (Wildman–Crippen LogP) is 4.54. The smallest absolute Gasteiger partial charge is 0.336 e. The molecule has 3 rings (SSSR count). The number of aryl methyl sites for hydroxylation is 2. The van der Waals surface area contributed by atoms with E-state index in [2.05, 4.69) is 25.2 Å². The number of fused-ring (bicyclic) bond motifs is 1. The average molecular weight is 377 g/mol. The zero-order valence-electron chi connectivity index (χ0n) is 14.4. The Morgan fingerprint density at radius 3 is 2.52 bits per heavy atom.